The van der Waals surface area contributed by atoms with E-state index in [1.54, 1.807) is 23.1 Å². The molecule has 0 aliphatic carbocycles. The van der Waals surface area contributed by atoms with Crippen LogP contribution in [-0.2, 0) is 9.47 Å². The lowest BCUT2D eigenvalue weighted by atomic mass is 10.1. The molecule has 0 spiro atoms. The molecule has 1 aromatic heterocycles. The number of halogens is 1. The zero-order valence-electron chi connectivity index (χ0n) is 19.6. The van der Waals surface area contributed by atoms with Crippen LogP contribution in [0.25, 0.3) is 10.2 Å². The summed E-state index contributed by atoms with van der Waals surface area (Å²) >= 11 is 7.72. The van der Waals surface area contributed by atoms with E-state index in [9.17, 15) is 14.9 Å². The number of anilines is 2. The van der Waals surface area contributed by atoms with Gasteiger partial charge in [-0.2, -0.15) is 0 Å². The Balaban J connectivity index is 1.47. The summed E-state index contributed by atoms with van der Waals surface area (Å²) < 4.78 is 11.7. The van der Waals surface area contributed by atoms with Gasteiger partial charge >= 0.3 is 0 Å². The number of hydrogen-bond acceptors (Lipinski definition) is 9. The second-order valence-corrected chi connectivity index (χ2v) is 9.97. The van der Waals surface area contributed by atoms with Crippen LogP contribution in [0.15, 0.2) is 36.4 Å². The molecule has 2 saturated heterocycles. The van der Waals surface area contributed by atoms with Crippen LogP contribution >= 0.6 is 22.9 Å². The first-order chi connectivity index (χ1) is 17.5. The molecule has 2 fully saturated rings. The third-order valence-electron chi connectivity index (χ3n) is 6.35. The van der Waals surface area contributed by atoms with E-state index in [0.29, 0.717) is 74.0 Å². The van der Waals surface area contributed by atoms with Crippen LogP contribution in [-0.4, -0.2) is 86.4 Å². The second kappa shape index (κ2) is 11.1. The van der Waals surface area contributed by atoms with E-state index < -0.39 is 4.92 Å². The van der Waals surface area contributed by atoms with Crippen molar-refractivity contribution in [1.29, 1.82) is 0 Å². The minimum atomic E-state index is -0.433. The number of carbonyl (C=O) groups is 1. The van der Waals surface area contributed by atoms with E-state index in [0.717, 1.165) is 17.8 Å². The van der Waals surface area contributed by atoms with E-state index in [4.69, 9.17) is 21.1 Å². The number of ether oxygens (including phenoxy) is 2. The Labute approximate surface area is 217 Å². The number of benzene rings is 2. The number of nitro benzene ring substituents is 1. The summed E-state index contributed by atoms with van der Waals surface area (Å²) in [6.45, 7) is 6.03. The Morgan fingerprint density at radius 1 is 1.11 bits per heavy atom. The number of carbonyl (C=O) groups excluding carboxylic acids is 1. The first kappa shape index (κ1) is 24.8. The largest absolute Gasteiger partial charge is 0.379 e. The molecule has 0 N–H and O–H groups in total. The summed E-state index contributed by atoms with van der Waals surface area (Å²) in [6, 6.07) is 10.2. The molecule has 10 nitrogen and oxygen atoms in total. The maximum Gasteiger partial charge on any atom is 0.293 e. The minimum Gasteiger partial charge on any atom is -0.379 e. The van der Waals surface area contributed by atoms with Gasteiger partial charge in [-0.3, -0.25) is 24.7 Å². The number of fused-ring (bicyclic) bond motifs is 1. The number of para-hydroxylation sites is 1. The number of hydrogen-bond donors (Lipinski definition) is 0. The Morgan fingerprint density at radius 2 is 1.83 bits per heavy atom. The van der Waals surface area contributed by atoms with Gasteiger partial charge in [0.1, 0.15) is 11.2 Å². The lowest BCUT2D eigenvalue weighted by molar-refractivity contribution is -0.384. The van der Waals surface area contributed by atoms with Crippen LogP contribution in [0.2, 0.25) is 5.02 Å². The maximum atomic E-state index is 13.8. The number of rotatable bonds is 7. The smallest absolute Gasteiger partial charge is 0.293 e. The van der Waals surface area contributed by atoms with E-state index in [1.807, 2.05) is 17.0 Å². The van der Waals surface area contributed by atoms with Gasteiger partial charge in [0.15, 0.2) is 5.13 Å². The monoisotopic (exact) mass is 531 g/mol. The first-order valence-corrected chi connectivity index (χ1v) is 13.0. The van der Waals surface area contributed by atoms with Gasteiger partial charge < -0.3 is 14.4 Å². The maximum absolute atomic E-state index is 13.8. The van der Waals surface area contributed by atoms with Crippen molar-refractivity contribution in [2.75, 3.05) is 75.5 Å². The molecule has 5 rings (SSSR count). The Morgan fingerprint density at radius 3 is 2.53 bits per heavy atom. The van der Waals surface area contributed by atoms with Gasteiger partial charge in [0.2, 0.25) is 0 Å². The highest BCUT2D eigenvalue weighted by Gasteiger charge is 2.27. The summed E-state index contributed by atoms with van der Waals surface area (Å²) in [6.07, 6.45) is 0. The number of aromatic nitrogens is 1. The van der Waals surface area contributed by atoms with Crippen molar-refractivity contribution in [3.8, 4) is 0 Å². The third kappa shape index (κ3) is 5.30. The van der Waals surface area contributed by atoms with Crippen LogP contribution in [0.4, 0.5) is 16.5 Å². The number of amides is 1. The van der Waals surface area contributed by atoms with Crippen LogP contribution in [0.3, 0.4) is 0 Å². The van der Waals surface area contributed by atoms with Crippen LogP contribution < -0.4 is 9.80 Å². The van der Waals surface area contributed by atoms with Crippen molar-refractivity contribution < 1.29 is 19.2 Å². The Kier molecular flexibility index (Phi) is 7.63. The van der Waals surface area contributed by atoms with Gasteiger partial charge in [-0.15, -0.1) is 0 Å². The zero-order valence-corrected chi connectivity index (χ0v) is 21.2. The molecule has 0 saturated carbocycles. The van der Waals surface area contributed by atoms with E-state index >= 15 is 0 Å². The number of morpholine rings is 2. The standard InChI is InChI=1S/C24H26ClN5O5S/c25-18-2-1-3-21-22(18)26-24(36-21)29(7-6-27-8-12-34-13-9-27)23(31)17-4-5-19(20(16-17)30(32)33)28-10-14-35-15-11-28/h1-5,16H,6-15H2. The fourth-order valence-corrected chi connectivity index (χ4v) is 5.69. The van der Waals surface area contributed by atoms with Crippen LogP contribution in [0, 0.1) is 10.1 Å². The molecular weight excluding hydrogens is 506 g/mol. The molecule has 0 unspecified atom stereocenters. The molecule has 36 heavy (non-hydrogen) atoms. The molecule has 2 aliphatic heterocycles. The van der Waals surface area contributed by atoms with Crippen molar-refractivity contribution >= 4 is 55.6 Å². The average Bonchev–Trinajstić information content (AvgIpc) is 3.35. The molecule has 0 radical (unpaired) electrons. The fourth-order valence-electron chi connectivity index (χ4n) is 4.40. The molecule has 1 amide bonds. The van der Waals surface area contributed by atoms with Gasteiger partial charge in [0.25, 0.3) is 11.6 Å². The van der Waals surface area contributed by atoms with Gasteiger partial charge in [0, 0.05) is 50.9 Å². The molecule has 2 aliphatic rings. The van der Waals surface area contributed by atoms with Gasteiger partial charge in [-0.25, -0.2) is 4.98 Å². The summed E-state index contributed by atoms with van der Waals surface area (Å²) in [5, 5.41) is 13.0. The summed E-state index contributed by atoms with van der Waals surface area (Å²) in [4.78, 5) is 35.7. The fraction of sp³-hybridized carbons (Fsp3) is 0.417. The Bertz CT molecular complexity index is 1260. The first-order valence-electron chi connectivity index (χ1n) is 11.8. The predicted octanol–water partition coefficient (Wildman–Crippen LogP) is 3.67. The molecule has 3 aromatic rings. The number of nitrogens with zero attached hydrogens (tertiary/aromatic N) is 5. The van der Waals surface area contributed by atoms with Crippen molar-refractivity contribution in [3.05, 3.63) is 57.1 Å². The molecule has 12 heteroatoms. The predicted molar refractivity (Wildman–Crippen MR) is 140 cm³/mol. The molecule has 0 bridgehead atoms. The van der Waals surface area contributed by atoms with Gasteiger partial charge in [-0.1, -0.05) is 29.0 Å². The lowest BCUT2D eigenvalue weighted by Crippen LogP contribution is -2.43. The van der Waals surface area contributed by atoms with Crippen molar-refractivity contribution in [1.82, 2.24) is 9.88 Å². The molecule has 0 atom stereocenters. The van der Waals surface area contributed by atoms with Crippen LogP contribution in [0.5, 0.6) is 0 Å². The normalized spacial score (nSPS) is 16.9. The van der Waals surface area contributed by atoms with Gasteiger partial charge in [0.05, 0.1) is 41.1 Å². The number of nitro groups is 1. The highest BCUT2D eigenvalue weighted by atomic mass is 35.5. The quantitative estimate of drug-likeness (QED) is 0.336. The topological polar surface area (TPSA) is 101 Å². The van der Waals surface area contributed by atoms with Crippen molar-refractivity contribution in [3.63, 3.8) is 0 Å². The third-order valence-corrected chi connectivity index (χ3v) is 7.70. The highest BCUT2D eigenvalue weighted by molar-refractivity contribution is 7.22. The highest BCUT2D eigenvalue weighted by Crippen LogP contribution is 2.35. The summed E-state index contributed by atoms with van der Waals surface area (Å²) in [7, 11) is 0. The zero-order chi connectivity index (χ0) is 25.1. The lowest BCUT2D eigenvalue weighted by Gasteiger charge is -2.30. The van der Waals surface area contributed by atoms with Crippen LogP contribution in [0.1, 0.15) is 10.4 Å². The average molecular weight is 532 g/mol. The summed E-state index contributed by atoms with van der Waals surface area (Å²) in [5.74, 6) is -0.338. The van der Waals surface area contributed by atoms with E-state index in [2.05, 4.69) is 9.88 Å². The molecule has 3 heterocycles. The van der Waals surface area contributed by atoms with E-state index in [-0.39, 0.29) is 17.2 Å². The molecule has 190 valence electrons. The van der Waals surface area contributed by atoms with Crippen molar-refractivity contribution in [2.24, 2.45) is 0 Å². The minimum absolute atomic E-state index is 0.0942. The van der Waals surface area contributed by atoms with Crippen molar-refractivity contribution in [2.45, 2.75) is 0 Å². The molecular formula is C24H26ClN5O5S. The Hall–Kier alpha value is -2.83. The van der Waals surface area contributed by atoms with Gasteiger partial charge in [-0.05, 0) is 24.3 Å². The molecule has 2 aromatic carbocycles. The SMILES string of the molecule is O=C(c1ccc(N2CCOCC2)c([N+](=O)[O-])c1)N(CCN1CCOCC1)c1nc2c(Cl)cccc2s1. The van der Waals surface area contributed by atoms with E-state index in [1.165, 1.54) is 17.4 Å². The second-order valence-electron chi connectivity index (χ2n) is 8.55. The summed E-state index contributed by atoms with van der Waals surface area (Å²) in [5.41, 5.74) is 1.28. The number of thiazole rings is 1.